The zero-order chi connectivity index (χ0) is 6.41. The van der Waals surface area contributed by atoms with Crippen LogP contribution in [0.4, 0.5) is 0 Å². The zero-order valence-electron chi connectivity index (χ0n) is 5.94. The summed E-state index contributed by atoms with van der Waals surface area (Å²) in [6, 6.07) is 0. The third-order valence-electron chi connectivity index (χ3n) is 0.808. The van der Waals surface area contributed by atoms with Gasteiger partial charge in [0.25, 0.3) is 0 Å². The molecule has 0 heterocycles. The van der Waals surface area contributed by atoms with Crippen LogP contribution in [0.2, 0.25) is 0 Å². The van der Waals surface area contributed by atoms with Crippen molar-refractivity contribution in [3.63, 3.8) is 0 Å². The SMILES string of the molecule is CNCCCC(=O)[O-].[Na+]. The molecule has 0 rings (SSSR count). The van der Waals surface area contributed by atoms with Gasteiger partial charge in [-0.3, -0.25) is 0 Å². The van der Waals surface area contributed by atoms with Crippen LogP contribution in [0.3, 0.4) is 0 Å². The van der Waals surface area contributed by atoms with E-state index in [2.05, 4.69) is 5.32 Å². The first-order valence-corrected chi connectivity index (χ1v) is 2.62. The number of carboxylic acid groups (broad SMARTS) is 1. The van der Waals surface area contributed by atoms with E-state index in [0.717, 1.165) is 6.54 Å². The minimum absolute atomic E-state index is 0. The van der Waals surface area contributed by atoms with E-state index >= 15 is 0 Å². The number of hydrogen-bond donors (Lipinski definition) is 1. The average Bonchev–Trinajstić information content (AvgIpc) is 1.66. The molecule has 0 aromatic carbocycles. The van der Waals surface area contributed by atoms with Gasteiger partial charge < -0.3 is 15.2 Å². The molecule has 0 radical (unpaired) electrons. The van der Waals surface area contributed by atoms with E-state index < -0.39 is 5.97 Å². The van der Waals surface area contributed by atoms with E-state index in [1.165, 1.54) is 0 Å². The molecule has 0 aromatic rings. The minimum Gasteiger partial charge on any atom is -0.550 e. The maximum atomic E-state index is 9.74. The molecule has 1 N–H and O–H groups in total. The number of hydrogen-bond acceptors (Lipinski definition) is 3. The molecule has 3 nitrogen and oxygen atoms in total. The summed E-state index contributed by atoms with van der Waals surface area (Å²) in [4.78, 5) is 9.74. The fourth-order valence-electron chi connectivity index (χ4n) is 0.410. The summed E-state index contributed by atoms with van der Waals surface area (Å²) >= 11 is 0. The third kappa shape index (κ3) is 11.8. The van der Waals surface area contributed by atoms with E-state index in [0.29, 0.717) is 6.42 Å². The van der Waals surface area contributed by atoms with Gasteiger partial charge in [-0.1, -0.05) is 0 Å². The summed E-state index contributed by atoms with van der Waals surface area (Å²) in [5, 5.41) is 12.6. The first-order valence-electron chi connectivity index (χ1n) is 2.62. The molecule has 0 spiro atoms. The number of carbonyl (C=O) groups is 1. The molecule has 0 saturated heterocycles. The monoisotopic (exact) mass is 139 g/mol. The molecule has 0 aliphatic rings. The maximum absolute atomic E-state index is 9.74. The van der Waals surface area contributed by atoms with Gasteiger partial charge >= 0.3 is 29.6 Å². The summed E-state index contributed by atoms with van der Waals surface area (Å²) in [5.41, 5.74) is 0. The molecule has 0 aliphatic carbocycles. The smallest absolute Gasteiger partial charge is 0.550 e. The Morgan fingerprint density at radius 2 is 2.22 bits per heavy atom. The summed E-state index contributed by atoms with van der Waals surface area (Å²) in [6.07, 6.45) is 0.805. The molecule has 4 heteroatoms. The first kappa shape index (κ1) is 12.1. The van der Waals surface area contributed by atoms with Gasteiger partial charge in [-0.15, -0.1) is 0 Å². The van der Waals surface area contributed by atoms with Crippen molar-refractivity contribution in [2.45, 2.75) is 12.8 Å². The second kappa shape index (κ2) is 8.43. The Balaban J connectivity index is 0. The van der Waals surface area contributed by atoms with E-state index in [1.807, 2.05) is 0 Å². The summed E-state index contributed by atoms with van der Waals surface area (Å²) in [7, 11) is 1.79. The Morgan fingerprint density at radius 1 is 1.67 bits per heavy atom. The summed E-state index contributed by atoms with van der Waals surface area (Å²) in [6.45, 7) is 0.744. The van der Waals surface area contributed by atoms with Crippen LogP contribution in [-0.4, -0.2) is 19.6 Å². The maximum Gasteiger partial charge on any atom is 1.00 e. The number of nitrogens with one attached hydrogen (secondary N) is 1. The van der Waals surface area contributed by atoms with Crippen molar-refractivity contribution in [2.75, 3.05) is 13.6 Å². The molecule has 0 fully saturated rings. The molecule has 0 unspecified atom stereocenters. The van der Waals surface area contributed by atoms with Crippen molar-refractivity contribution < 1.29 is 39.5 Å². The molecule has 0 aliphatic heterocycles. The number of carbonyl (C=O) groups excluding carboxylic acids is 1. The van der Waals surface area contributed by atoms with Crippen LogP contribution in [-0.2, 0) is 4.79 Å². The van der Waals surface area contributed by atoms with Crippen molar-refractivity contribution >= 4 is 5.97 Å². The largest absolute Gasteiger partial charge is 1.00 e. The van der Waals surface area contributed by atoms with Gasteiger partial charge in [-0.2, -0.15) is 0 Å². The number of aliphatic carboxylic acids is 1. The molecule has 0 bridgehead atoms. The van der Waals surface area contributed by atoms with Crippen molar-refractivity contribution in [3.8, 4) is 0 Å². The Morgan fingerprint density at radius 3 is 2.56 bits per heavy atom. The minimum atomic E-state index is -0.972. The Bertz CT molecular complexity index is 77.4. The molecule has 0 amide bonds. The average molecular weight is 139 g/mol. The second-order valence-corrected chi connectivity index (χ2v) is 1.58. The predicted octanol–water partition coefficient (Wildman–Crippen LogP) is -4.26. The van der Waals surface area contributed by atoms with Crippen molar-refractivity contribution in [2.24, 2.45) is 0 Å². The number of rotatable bonds is 4. The van der Waals surface area contributed by atoms with E-state index in [-0.39, 0.29) is 36.0 Å². The fourth-order valence-corrected chi connectivity index (χ4v) is 0.410. The van der Waals surface area contributed by atoms with E-state index in [1.54, 1.807) is 7.05 Å². The molecular weight excluding hydrogens is 129 g/mol. The summed E-state index contributed by atoms with van der Waals surface area (Å²) < 4.78 is 0. The van der Waals surface area contributed by atoms with Gasteiger partial charge in [0.1, 0.15) is 0 Å². The van der Waals surface area contributed by atoms with Crippen molar-refractivity contribution in [1.82, 2.24) is 5.32 Å². The Labute approximate surface area is 77.1 Å². The second-order valence-electron chi connectivity index (χ2n) is 1.58. The van der Waals surface area contributed by atoms with Crippen molar-refractivity contribution in [1.29, 1.82) is 0 Å². The van der Waals surface area contributed by atoms with Gasteiger partial charge in [0.05, 0.1) is 0 Å². The third-order valence-corrected chi connectivity index (χ3v) is 0.808. The molecule has 48 valence electrons. The van der Waals surface area contributed by atoms with Crippen LogP contribution in [0.15, 0.2) is 0 Å². The van der Waals surface area contributed by atoms with Crippen LogP contribution in [0, 0.1) is 0 Å². The summed E-state index contributed by atoms with van der Waals surface area (Å²) in [5.74, 6) is -0.972. The van der Waals surface area contributed by atoms with Crippen LogP contribution in [0.1, 0.15) is 12.8 Å². The normalized spacial score (nSPS) is 8.11. The number of carboxylic acids is 1. The fraction of sp³-hybridized carbons (Fsp3) is 0.800. The zero-order valence-corrected chi connectivity index (χ0v) is 7.94. The predicted molar refractivity (Wildman–Crippen MR) is 28.2 cm³/mol. The molecule has 9 heavy (non-hydrogen) atoms. The Hall–Kier alpha value is 0.430. The quantitative estimate of drug-likeness (QED) is 0.317. The molecule has 0 aromatic heterocycles. The van der Waals surface area contributed by atoms with Crippen LogP contribution in [0.5, 0.6) is 0 Å². The molecule has 0 atom stereocenters. The van der Waals surface area contributed by atoms with E-state index in [4.69, 9.17) is 0 Å². The van der Waals surface area contributed by atoms with Gasteiger partial charge in [0.2, 0.25) is 0 Å². The van der Waals surface area contributed by atoms with Crippen molar-refractivity contribution in [3.05, 3.63) is 0 Å². The molecule has 0 saturated carbocycles. The first-order chi connectivity index (χ1) is 3.77. The molecular formula is C5H10NNaO2. The Kier molecular flexibility index (Phi) is 11.4. The standard InChI is InChI=1S/C5H11NO2.Na/c1-6-4-2-3-5(7)8;/h6H,2-4H2,1H3,(H,7,8);/q;+1/p-1. The van der Waals surface area contributed by atoms with Gasteiger partial charge in [0, 0.05) is 5.97 Å². The topological polar surface area (TPSA) is 52.2 Å². The van der Waals surface area contributed by atoms with Gasteiger partial charge in [-0.25, -0.2) is 0 Å². The van der Waals surface area contributed by atoms with E-state index in [9.17, 15) is 9.90 Å². The van der Waals surface area contributed by atoms with Crippen LogP contribution >= 0.6 is 0 Å². The van der Waals surface area contributed by atoms with Gasteiger partial charge in [-0.05, 0) is 26.4 Å². The van der Waals surface area contributed by atoms with Crippen LogP contribution in [0.25, 0.3) is 0 Å². The van der Waals surface area contributed by atoms with Gasteiger partial charge in [0.15, 0.2) is 0 Å². The van der Waals surface area contributed by atoms with Crippen LogP contribution < -0.4 is 40.0 Å².